The number of hydrogen-bond acceptors (Lipinski definition) is 3. The summed E-state index contributed by atoms with van der Waals surface area (Å²) < 4.78 is 15.5. The van der Waals surface area contributed by atoms with Crippen LogP contribution < -0.4 is 5.32 Å². The Morgan fingerprint density at radius 1 is 1.38 bits per heavy atom. The van der Waals surface area contributed by atoms with Crippen molar-refractivity contribution in [2.75, 3.05) is 12.4 Å². The average molecular weight is 356 g/mol. The van der Waals surface area contributed by atoms with Gasteiger partial charge >= 0.3 is 0 Å². The zero-order valence-electron chi connectivity index (χ0n) is 14.6. The minimum absolute atomic E-state index is 0.111. The van der Waals surface area contributed by atoms with Gasteiger partial charge in [0.15, 0.2) is 0 Å². The topological polar surface area (TPSA) is 67.2 Å². The molecule has 1 aliphatic heterocycles. The maximum absolute atomic E-state index is 13.6. The van der Waals surface area contributed by atoms with Crippen molar-refractivity contribution in [3.63, 3.8) is 0 Å². The van der Waals surface area contributed by atoms with Crippen molar-refractivity contribution in [2.45, 2.75) is 31.8 Å². The number of aromatic nitrogens is 2. The molecule has 1 aromatic carbocycles. The fourth-order valence-corrected chi connectivity index (χ4v) is 3.58. The van der Waals surface area contributed by atoms with E-state index < -0.39 is 12.0 Å². The number of amides is 2. The normalized spacial score (nSPS) is 22.7. The number of likely N-dealkylation sites (tertiary alicyclic amines) is 1. The molecule has 2 aliphatic rings. The van der Waals surface area contributed by atoms with Crippen molar-refractivity contribution >= 4 is 17.5 Å². The van der Waals surface area contributed by atoms with Crippen LogP contribution in [-0.2, 0) is 16.1 Å². The molecule has 0 bridgehead atoms. The molecule has 2 atom stereocenters. The maximum atomic E-state index is 13.6. The molecule has 0 unspecified atom stereocenters. The largest absolute Gasteiger partial charge is 0.338 e. The number of nitrogens with one attached hydrogen (secondary N) is 1. The van der Waals surface area contributed by atoms with Gasteiger partial charge in [-0.3, -0.25) is 14.3 Å². The second kappa shape index (κ2) is 6.55. The standard InChI is InChI=1S/C19H21FN4O2/c1-23-17(25)8-16(18(23)13-3-2-4-14(20)7-13)19(26)22-15-9-21-24(11-15)10-12-5-6-12/h2-4,7,9,11-12,16,18H,5-6,8,10H2,1H3,(H,22,26)/t16-,18+/m1/s1. The van der Waals surface area contributed by atoms with E-state index in [-0.39, 0.29) is 24.1 Å². The number of anilines is 1. The summed E-state index contributed by atoms with van der Waals surface area (Å²) in [6.07, 6.45) is 6.01. The van der Waals surface area contributed by atoms with Gasteiger partial charge in [0.2, 0.25) is 11.8 Å². The van der Waals surface area contributed by atoms with E-state index in [0.29, 0.717) is 17.2 Å². The Labute approximate surface area is 151 Å². The van der Waals surface area contributed by atoms with Crippen molar-refractivity contribution in [1.82, 2.24) is 14.7 Å². The summed E-state index contributed by atoms with van der Waals surface area (Å²) in [5.41, 5.74) is 1.25. The lowest BCUT2D eigenvalue weighted by atomic mass is 9.93. The zero-order valence-corrected chi connectivity index (χ0v) is 14.6. The van der Waals surface area contributed by atoms with Gasteiger partial charge in [-0.2, -0.15) is 5.10 Å². The van der Waals surface area contributed by atoms with Crippen LogP contribution in [0.15, 0.2) is 36.7 Å². The van der Waals surface area contributed by atoms with Crippen LogP contribution >= 0.6 is 0 Å². The molecule has 4 rings (SSSR count). The third-order valence-corrected chi connectivity index (χ3v) is 5.16. The van der Waals surface area contributed by atoms with Gasteiger partial charge in [-0.25, -0.2) is 4.39 Å². The first kappa shape index (κ1) is 16.8. The second-order valence-corrected chi connectivity index (χ2v) is 7.20. The maximum Gasteiger partial charge on any atom is 0.230 e. The lowest BCUT2D eigenvalue weighted by Gasteiger charge is -2.24. The predicted octanol–water partition coefficient (Wildman–Crippen LogP) is 2.59. The Morgan fingerprint density at radius 2 is 2.19 bits per heavy atom. The average Bonchev–Trinajstić information content (AvgIpc) is 3.23. The van der Waals surface area contributed by atoms with E-state index in [4.69, 9.17) is 0 Å². The molecule has 1 N–H and O–H groups in total. The first-order valence-electron chi connectivity index (χ1n) is 8.85. The van der Waals surface area contributed by atoms with Crippen LogP contribution in [0.25, 0.3) is 0 Å². The molecule has 2 amide bonds. The van der Waals surface area contributed by atoms with Crippen LogP contribution in [0.5, 0.6) is 0 Å². The minimum atomic E-state index is -0.568. The quantitative estimate of drug-likeness (QED) is 0.895. The zero-order chi connectivity index (χ0) is 18.3. The summed E-state index contributed by atoms with van der Waals surface area (Å²) in [4.78, 5) is 26.5. The Balaban J connectivity index is 1.51. The van der Waals surface area contributed by atoms with Gasteiger partial charge in [-0.1, -0.05) is 12.1 Å². The van der Waals surface area contributed by atoms with Crippen LogP contribution in [-0.4, -0.2) is 33.5 Å². The van der Waals surface area contributed by atoms with Gasteiger partial charge in [-0.15, -0.1) is 0 Å². The van der Waals surface area contributed by atoms with Crippen LogP contribution in [0.4, 0.5) is 10.1 Å². The van der Waals surface area contributed by atoms with E-state index in [1.54, 1.807) is 25.4 Å². The molecule has 26 heavy (non-hydrogen) atoms. The van der Waals surface area contributed by atoms with E-state index >= 15 is 0 Å². The molecule has 0 radical (unpaired) electrons. The molecule has 1 aromatic heterocycles. The summed E-state index contributed by atoms with van der Waals surface area (Å²) >= 11 is 0. The summed E-state index contributed by atoms with van der Waals surface area (Å²) in [6.45, 7) is 0.867. The van der Waals surface area contributed by atoms with Crippen LogP contribution in [0.1, 0.15) is 30.9 Å². The molecular formula is C19H21FN4O2. The van der Waals surface area contributed by atoms with Crippen molar-refractivity contribution < 1.29 is 14.0 Å². The smallest absolute Gasteiger partial charge is 0.230 e. The lowest BCUT2D eigenvalue weighted by molar-refractivity contribution is -0.128. The van der Waals surface area contributed by atoms with Gasteiger partial charge in [-0.05, 0) is 36.5 Å². The van der Waals surface area contributed by atoms with E-state index in [1.807, 2.05) is 10.9 Å². The van der Waals surface area contributed by atoms with Crippen LogP contribution in [0, 0.1) is 17.7 Å². The molecular weight excluding hydrogens is 335 g/mol. The first-order valence-corrected chi connectivity index (χ1v) is 8.85. The summed E-state index contributed by atoms with van der Waals surface area (Å²) in [6, 6.07) is 5.60. The molecule has 0 spiro atoms. The van der Waals surface area contributed by atoms with E-state index in [0.717, 1.165) is 6.54 Å². The summed E-state index contributed by atoms with van der Waals surface area (Å²) in [5.74, 6) is -0.625. The highest BCUT2D eigenvalue weighted by atomic mass is 19.1. The van der Waals surface area contributed by atoms with Gasteiger partial charge in [0.05, 0.1) is 23.8 Å². The van der Waals surface area contributed by atoms with Crippen LogP contribution in [0.3, 0.4) is 0 Å². The Kier molecular flexibility index (Phi) is 4.22. The number of nitrogens with zero attached hydrogens (tertiary/aromatic N) is 3. The number of carbonyl (C=O) groups excluding carboxylic acids is 2. The monoisotopic (exact) mass is 356 g/mol. The van der Waals surface area contributed by atoms with Crippen molar-refractivity contribution in [3.05, 3.63) is 48.0 Å². The Bertz CT molecular complexity index is 846. The van der Waals surface area contributed by atoms with Crippen molar-refractivity contribution in [3.8, 4) is 0 Å². The minimum Gasteiger partial charge on any atom is -0.338 e. The second-order valence-electron chi connectivity index (χ2n) is 7.20. The highest BCUT2D eigenvalue weighted by molar-refractivity contribution is 5.97. The lowest BCUT2D eigenvalue weighted by Crippen LogP contribution is -2.30. The summed E-state index contributed by atoms with van der Waals surface area (Å²) in [5, 5.41) is 7.13. The van der Waals surface area contributed by atoms with E-state index in [1.165, 1.54) is 29.9 Å². The Hall–Kier alpha value is -2.70. The molecule has 2 aromatic rings. The molecule has 7 heteroatoms. The van der Waals surface area contributed by atoms with E-state index in [9.17, 15) is 14.0 Å². The molecule has 2 heterocycles. The van der Waals surface area contributed by atoms with Gasteiger partial charge < -0.3 is 10.2 Å². The van der Waals surface area contributed by atoms with Crippen molar-refractivity contribution in [2.24, 2.45) is 11.8 Å². The van der Waals surface area contributed by atoms with Gasteiger partial charge in [0.25, 0.3) is 0 Å². The third-order valence-electron chi connectivity index (χ3n) is 5.16. The third kappa shape index (κ3) is 3.34. The predicted molar refractivity (Wildman–Crippen MR) is 93.6 cm³/mol. The SMILES string of the molecule is CN1C(=O)C[C@@H](C(=O)Nc2cnn(CC3CC3)c2)[C@@H]1c1cccc(F)c1. The number of carbonyl (C=O) groups is 2. The highest BCUT2D eigenvalue weighted by Crippen LogP contribution is 2.38. The van der Waals surface area contributed by atoms with E-state index in [2.05, 4.69) is 10.4 Å². The highest BCUT2D eigenvalue weighted by Gasteiger charge is 2.42. The molecule has 6 nitrogen and oxygen atoms in total. The number of halogens is 1. The molecule has 1 saturated heterocycles. The molecule has 1 aliphatic carbocycles. The van der Waals surface area contributed by atoms with Crippen LogP contribution in [0.2, 0.25) is 0 Å². The fraction of sp³-hybridized carbons (Fsp3) is 0.421. The number of benzene rings is 1. The first-order chi connectivity index (χ1) is 12.5. The Morgan fingerprint density at radius 3 is 2.92 bits per heavy atom. The van der Waals surface area contributed by atoms with Gasteiger partial charge in [0, 0.05) is 26.2 Å². The number of rotatable bonds is 5. The molecule has 1 saturated carbocycles. The molecule has 136 valence electrons. The molecule has 2 fully saturated rings. The van der Waals surface area contributed by atoms with Crippen molar-refractivity contribution in [1.29, 1.82) is 0 Å². The fourth-order valence-electron chi connectivity index (χ4n) is 3.58. The number of hydrogen-bond donors (Lipinski definition) is 1. The summed E-state index contributed by atoms with van der Waals surface area (Å²) in [7, 11) is 1.65. The van der Waals surface area contributed by atoms with Gasteiger partial charge in [0.1, 0.15) is 5.82 Å².